The van der Waals surface area contributed by atoms with E-state index >= 15 is 0 Å². The molecule has 7 nitrogen and oxygen atoms in total. The van der Waals surface area contributed by atoms with Crippen molar-refractivity contribution in [1.82, 2.24) is 20.5 Å². The summed E-state index contributed by atoms with van der Waals surface area (Å²) in [6, 6.07) is 17.4. The minimum atomic E-state index is -0.891. The van der Waals surface area contributed by atoms with E-state index in [9.17, 15) is 9.90 Å². The van der Waals surface area contributed by atoms with Gasteiger partial charge in [0, 0.05) is 30.2 Å². The summed E-state index contributed by atoms with van der Waals surface area (Å²) in [5.74, 6) is -0.209. The monoisotopic (exact) mass is 419 g/mol. The normalized spacial score (nSPS) is 21.6. The van der Waals surface area contributed by atoms with Gasteiger partial charge in [0.1, 0.15) is 5.51 Å². The van der Waals surface area contributed by atoms with Gasteiger partial charge in [0.15, 0.2) is 0 Å². The fraction of sp³-hybridized carbons (Fsp3) is 0.227. The molecule has 2 atom stereocenters. The maximum atomic E-state index is 13.3. The van der Waals surface area contributed by atoms with Crippen molar-refractivity contribution >= 4 is 33.3 Å². The summed E-state index contributed by atoms with van der Waals surface area (Å²) in [5.41, 5.74) is 3.16. The van der Waals surface area contributed by atoms with E-state index in [1.165, 1.54) is 11.3 Å². The molecule has 152 valence electrons. The first-order valence-electron chi connectivity index (χ1n) is 9.81. The van der Waals surface area contributed by atoms with Crippen molar-refractivity contribution in [3.8, 4) is 0 Å². The lowest BCUT2D eigenvalue weighted by atomic mass is 9.78. The van der Waals surface area contributed by atoms with Crippen LogP contribution >= 0.6 is 11.3 Å². The fourth-order valence-corrected chi connectivity index (χ4v) is 4.83. The topological polar surface area (TPSA) is 94.1 Å². The van der Waals surface area contributed by atoms with Crippen LogP contribution in [0.5, 0.6) is 0 Å². The molecule has 0 spiro atoms. The first-order valence-corrected chi connectivity index (χ1v) is 10.7. The van der Waals surface area contributed by atoms with Gasteiger partial charge in [0.25, 0.3) is 5.91 Å². The van der Waals surface area contributed by atoms with Gasteiger partial charge in [-0.15, -0.1) is 10.2 Å². The Kier molecular flexibility index (Phi) is 4.72. The molecule has 0 bridgehead atoms. The Balaban J connectivity index is 1.49. The Morgan fingerprint density at radius 2 is 2.00 bits per heavy atom. The van der Waals surface area contributed by atoms with Crippen LogP contribution in [-0.4, -0.2) is 45.4 Å². The Morgan fingerprint density at radius 1 is 1.20 bits per heavy atom. The highest BCUT2D eigenvalue weighted by Crippen LogP contribution is 2.36. The number of aliphatic hydroxyl groups excluding tert-OH is 1. The zero-order valence-corrected chi connectivity index (χ0v) is 17.0. The molecule has 2 aromatic heterocycles. The van der Waals surface area contributed by atoms with E-state index in [1.54, 1.807) is 11.7 Å². The zero-order chi connectivity index (χ0) is 20.6. The number of H-pyrrole nitrogens is 1. The molecule has 0 aliphatic carbocycles. The van der Waals surface area contributed by atoms with Crippen LogP contribution in [0.4, 0.5) is 5.13 Å². The number of amides is 1. The third-order valence-corrected chi connectivity index (χ3v) is 6.57. The van der Waals surface area contributed by atoms with Crippen LogP contribution in [0.1, 0.15) is 22.3 Å². The minimum Gasteiger partial charge on any atom is -0.388 e. The number of carbonyl (C=O) groups excluding carboxylic acids is 1. The second-order valence-corrected chi connectivity index (χ2v) is 8.28. The highest BCUT2D eigenvalue weighted by molar-refractivity contribution is 7.13. The van der Waals surface area contributed by atoms with Crippen molar-refractivity contribution in [3.05, 3.63) is 77.4 Å². The van der Waals surface area contributed by atoms with Gasteiger partial charge in [-0.25, -0.2) is 0 Å². The number of aromatic nitrogens is 3. The number of hydrogen-bond acceptors (Lipinski definition) is 6. The summed E-state index contributed by atoms with van der Waals surface area (Å²) in [4.78, 5) is 18.5. The van der Waals surface area contributed by atoms with Crippen LogP contribution in [0.25, 0.3) is 10.9 Å². The van der Waals surface area contributed by atoms with Crippen molar-refractivity contribution in [2.45, 2.75) is 18.1 Å². The van der Waals surface area contributed by atoms with E-state index in [1.807, 2.05) is 59.5 Å². The molecule has 1 amide bonds. The Hall–Kier alpha value is -3.23. The van der Waals surface area contributed by atoms with Gasteiger partial charge in [-0.2, -0.15) is 0 Å². The number of piperidine rings is 1. The number of hydrogen-bond donors (Lipinski definition) is 3. The molecule has 30 heavy (non-hydrogen) atoms. The van der Waals surface area contributed by atoms with Crippen molar-refractivity contribution in [3.63, 3.8) is 0 Å². The van der Waals surface area contributed by atoms with Crippen LogP contribution in [0.15, 0.2) is 66.3 Å². The number of rotatable bonds is 4. The number of nitrogens with zero attached hydrogens (tertiary/aromatic N) is 3. The Labute approximate surface area is 177 Å². The van der Waals surface area contributed by atoms with E-state index in [4.69, 9.17) is 0 Å². The Bertz CT molecular complexity index is 1160. The molecule has 0 saturated carbocycles. The molecular weight excluding hydrogens is 398 g/mol. The standard InChI is InChI=1S/C22H21N5O2S/c28-19-13-27(21-26-24-14-30-21)11-10-22(19,15-6-2-1-3-7-15)25-20(29)17-12-23-18-9-5-4-8-16(17)18/h1-9,12,14,19,23,28H,10-11,13H2,(H,25,29)/t19-,22-/m1/s1. The number of nitrogens with one attached hydrogen (secondary N) is 2. The van der Waals surface area contributed by atoms with E-state index < -0.39 is 11.6 Å². The van der Waals surface area contributed by atoms with Crippen molar-refractivity contribution in [2.75, 3.05) is 18.0 Å². The van der Waals surface area contributed by atoms with Crippen molar-refractivity contribution in [1.29, 1.82) is 0 Å². The zero-order valence-electron chi connectivity index (χ0n) is 16.2. The van der Waals surface area contributed by atoms with Gasteiger partial charge in [-0.1, -0.05) is 59.9 Å². The SMILES string of the molecule is O=C(N[C@@]1(c2ccccc2)CCN(c2nncs2)C[C@H]1O)c1c[nH]c2ccccc12. The van der Waals surface area contributed by atoms with Crippen LogP contribution in [-0.2, 0) is 5.54 Å². The average molecular weight is 420 g/mol. The number of aromatic amines is 1. The first-order chi connectivity index (χ1) is 14.7. The van der Waals surface area contributed by atoms with E-state index in [0.717, 1.165) is 21.6 Å². The number of β-amino-alcohol motifs (C(OH)–C–C–N with tert-alkyl or cyclic N) is 1. The third-order valence-electron chi connectivity index (χ3n) is 5.82. The van der Waals surface area contributed by atoms with Crippen molar-refractivity contribution in [2.24, 2.45) is 0 Å². The van der Waals surface area contributed by atoms with Crippen LogP contribution in [0, 0.1) is 0 Å². The number of para-hydroxylation sites is 1. The van der Waals surface area contributed by atoms with Gasteiger partial charge in [-0.05, 0) is 18.1 Å². The molecule has 1 aliphatic rings. The first kappa shape index (κ1) is 18.8. The summed E-state index contributed by atoms with van der Waals surface area (Å²) in [7, 11) is 0. The molecule has 1 aliphatic heterocycles. The molecule has 3 N–H and O–H groups in total. The predicted octanol–water partition coefficient (Wildman–Crippen LogP) is 2.92. The minimum absolute atomic E-state index is 0.209. The van der Waals surface area contributed by atoms with Crippen LogP contribution < -0.4 is 10.2 Å². The highest BCUT2D eigenvalue weighted by Gasteiger charge is 2.45. The number of carbonyl (C=O) groups is 1. The van der Waals surface area contributed by atoms with E-state index in [-0.39, 0.29) is 5.91 Å². The van der Waals surface area contributed by atoms with Gasteiger partial charge in [0.2, 0.25) is 5.13 Å². The largest absolute Gasteiger partial charge is 0.388 e. The third kappa shape index (κ3) is 3.14. The second kappa shape index (κ2) is 7.55. The quantitative estimate of drug-likeness (QED) is 0.473. The molecule has 4 aromatic rings. The number of fused-ring (bicyclic) bond motifs is 1. The maximum Gasteiger partial charge on any atom is 0.254 e. The second-order valence-electron chi connectivity index (χ2n) is 7.47. The van der Waals surface area contributed by atoms with Gasteiger partial charge in [-0.3, -0.25) is 4.79 Å². The fourth-order valence-electron chi connectivity index (χ4n) is 4.23. The lowest BCUT2D eigenvalue weighted by molar-refractivity contribution is 0.0366. The molecule has 2 aromatic carbocycles. The number of anilines is 1. The summed E-state index contributed by atoms with van der Waals surface area (Å²) in [6.45, 7) is 1.01. The molecule has 0 unspecified atom stereocenters. The molecule has 3 heterocycles. The van der Waals surface area contributed by atoms with Gasteiger partial charge >= 0.3 is 0 Å². The molecule has 1 fully saturated rings. The van der Waals surface area contributed by atoms with Crippen LogP contribution in [0.2, 0.25) is 0 Å². The van der Waals surface area contributed by atoms with E-state index in [2.05, 4.69) is 20.5 Å². The molecule has 1 saturated heterocycles. The van der Waals surface area contributed by atoms with E-state index in [0.29, 0.717) is 25.1 Å². The van der Waals surface area contributed by atoms with Gasteiger partial charge < -0.3 is 20.3 Å². The maximum absolute atomic E-state index is 13.3. The lowest BCUT2D eigenvalue weighted by Crippen LogP contribution is -2.62. The lowest BCUT2D eigenvalue weighted by Gasteiger charge is -2.46. The van der Waals surface area contributed by atoms with Crippen molar-refractivity contribution < 1.29 is 9.90 Å². The Morgan fingerprint density at radius 3 is 2.77 bits per heavy atom. The smallest absolute Gasteiger partial charge is 0.254 e. The summed E-state index contributed by atoms with van der Waals surface area (Å²) in [6.07, 6.45) is 1.46. The number of aliphatic hydroxyl groups is 1. The predicted molar refractivity (Wildman–Crippen MR) is 117 cm³/mol. The summed E-state index contributed by atoms with van der Waals surface area (Å²) in [5, 5.41) is 24.1. The highest BCUT2D eigenvalue weighted by atomic mass is 32.1. The molecule has 8 heteroatoms. The van der Waals surface area contributed by atoms with Crippen LogP contribution in [0.3, 0.4) is 0 Å². The van der Waals surface area contributed by atoms with Gasteiger partial charge in [0.05, 0.1) is 17.2 Å². The number of benzene rings is 2. The average Bonchev–Trinajstić information content (AvgIpc) is 3.46. The summed E-state index contributed by atoms with van der Waals surface area (Å²) >= 11 is 1.44. The molecule has 5 rings (SSSR count). The summed E-state index contributed by atoms with van der Waals surface area (Å²) < 4.78 is 0. The molecule has 0 radical (unpaired) electrons. The molecular formula is C22H21N5O2S.